The number of fused-ring (bicyclic) bond motifs is 1. The van der Waals surface area contributed by atoms with E-state index in [2.05, 4.69) is 23.7 Å². The molecule has 1 saturated heterocycles. The highest BCUT2D eigenvalue weighted by molar-refractivity contribution is 5.98. The third-order valence-electron chi connectivity index (χ3n) is 7.41. The zero-order valence-electron chi connectivity index (χ0n) is 21.6. The first-order chi connectivity index (χ1) is 16.9. The van der Waals surface area contributed by atoms with Gasteiger partial charge in [-0.1, -0.05) is 25.0 Å². The molecule has 2 atom stereocenters. The Kier molecular flexibility index (Phi) is 8.01. The van der Waals surface area contributed by atoms with Crippen LogP contribution in [0.15, 0.2) is 52.3 Å². The predicted octanol–water partition coefficient (Wildman–Crippen LogP) is 5.14. The van der Waals surface area contributed by atoms with Gasteiger partial charge >= 0.3 is 0 Å². The van der Waals surface area contributed by atoms with Gasteiger partial charge in [0.25, 0.3) is 5.56 Å². The number of benzene rings is 2. The summed E-state index contributed by atoms with van der Waals surface area (Å²) in [5.74, 6) is 0.452. The Bertz CT molecular complexity index is 1250. The summed E-state index contributed by atoms with van der Waals surface area (Å²) in [5, 5.41) is 0. The molecule has 0 bridgehead atoms. The van der Waals surface area contributed by atoms with Crippen molar-refractivity contribution in [2.24, 2.45) is 10.7 Å². The minimum atomic E-state index is -0.0504. The summed E-state index contributed by atoms with van der Waals surface area (Å²) in [6.07, 6.45) is 7.20. The van der Waals surface area contributed by atoms with Gasteiger partial charge in [-0.15, -0.1) is 0 Å². The Morgan fingerprint density at radius 1 is 1.06 bits per heavy atom. The van der Waals surface area contributed by atoms with Gasteiger partial charge in [-0.3, -0.25) is 14.7 Å². The van der Waals surface area contributed by atoms with Crippen LogP contribution < -0.4 is 11.3 Å². The van der Waals surface area contributed by atoms with Gasteiger partial charge in [0.2, 0.25) is 0 Å². The van der Waals surface area contributed by atoms with Crippen LogP contribution in [0.4, 0.5) is 0 Å². The molecule has 6 nitrogen and oxygen atoms in total. The number of likely N-dealkylation sites (tertiary alicyclic amines) is 1. The molecule has 0 radical (unpaired) electrons. The van der Waals surface area contributed by atoms with Crippen LogP contribution >= 0.6 is 0 Å². The molecule has 0 saturated carbocycles. The number of unbranched alkanes of at least 4 members (excludes halogenated alkanes) is 2. The van der Waals surface area contributed by atoms with Crippen LogP contribution in [0.2, 0.25) is 0 Å². The van der Waals surface area contributed by atoms with E-state index < -0.39 is 0 Å². The summed E-state index contributed by atoms with van der Waals surface area (Å²) in [6.45, 7) is 8.55. The third-order valence-corrected chi connectivity index (χ3v) is 7.41. The quantitative estimate of drug-likeness (QED) is 0.279. The van der Waals surface area contributed by atoms with Gasteiger partial charge in [0.1, 0.15) is 11.5 Å². The number of nitrogens with zero attached hydrogens (tertiary/aromatic N) is 4. The molecule has 0 aliphatic carbocycles. The minimum Gasteiger partial charge on any atom is -0.384 e. The number of aromatic nitrogens is 2. The summed E-state index contributed by atoms with van der Waals surface area (Å²) in [6, 6.07) is 15.2. The van der Waals surface area contributed by atoms with Crippen molar-refractivity contribution in [1.29, 1.82) is 0 Å². The maximum absolute atomic E-state index is 13.7. The minimum absolute atomic E-state index is 0.0504. The fraction of sp³-hybridized carbons (Fsp3) is 0.483. The molecule has 1 aliphatic heterocycles. The van der Waals surface area contributed by atoms with Crippen LogP contribution in [-0.4, -0.2) is 46.0 Å². The van der Waals surface area contributed by atoms with Crippen LogP contribution in [0.5, 0.6) is 0 Å². The largest absolute Gasteiger partial charge is 0.384 e. The molecule has 3 aromatic rings. The SMILES string of the molecule is CN=C(N)c1cc(C)cc(-c2nc3ccccc3n(CCCCCN3C(C)CCCC3C)c2=O)c1. The number of rotatable bonds is 8. The molecule has 2 N–H and O–H groups in total. The van der Waals surface area contributed by atoms with Gasteiger partial charge in [0, 0.05) is 36.8 Å². The van der Waals surface area contributed by atoms with Crippen molar-refractivity contribution in [2.75, 3.05) is 13.6 Å². The first kappa shape index (κ1) is 25.1. The Morgan fingerprint density at radius 3 is 2.51 bits per heavy atom. The highest BCUT2D eigenvalue weighted by atomic mass is 16.1. The Hall–Kier alpha value is -2.99. The van der Waals surface area contributed by atoms with Gasteiger partial charge < -0.3 is 10.3 Å². The third kappa shape index (κ3) is 5.64. The molecule has 6 heteroatoms. The van der Waals surface area contributed by atoms with Crippen LogP contribution in [0.1, 0.15) is 63.5 Å². The zero-order valence-corrected chi connectivity index (χ0v) is 21.6. The standard InChI is InChI=1S/C29H39N5O/c1-20-17-23(19-24(18-20)28(30)31-4)27-29(35)34(26-14-7-6-13-25(26)32-27)16-9-5-8-15-33-21(2)11-10-12-22(33)3/h6-7,13-14,17-19,21-22H,5,8-12,15-16H2,1-4H3,(H2,30,31). The van der Waals surface area contributed by atoms with E-state index in [-0.39, 0.29) is 5.56 Å². The van der Waals surface area contributed by atoms with Crippen LogP contribution in [-0.2, 0) is 6.54 Å². The summed E-state index contributed by atoms with van der Waals surface area (Å²) in [5.41, 5.74) is 10.8. The average Bonchev–Trinajstić information content (AvgIpc) is 2.85. The summed E-state index contributed by atoms with van der Waals surface area (Å²) in [4.78, 5) is 25.2. The fourth-order valence-electron chi connectivity index (χ4n) is 5.46. The molecular formula is C29H39N5O. The van der Waals surface area contributed by atoms with Crippen molar-refractivity contribution in [2.45, 2.75) is 77.9 Å². The van der Waals surface area contributed by atoms with Gasteiger partial charge in [0.15, 0.2) is 0 Å². The second kappa shape index (κ2) is 11.2. The van der Waals surface area contributed by atoms with E-state index in [0.29, 0.717) is 30.2 Å². The number of para-hydroxylation sites is 2. The number of hydrogen-bond donors (Lipinski definition) is 1. The van der Waals surface area contributed by atoms with Gasteiger partial charge in [-0.2, -0.15) is 0 Å². The highest BCUT2D eigenvalue weighted by Crippen LogP contribution is 2.24. The molecule has 2 unspecified atom stereocenters. The topological polar surface area (TPSA) is 76.5 Å². The van der Waals surface area contributed by atoms with Crippen molar-refractivity contribution >= 4 is 16.9 Å². The molecule has 35 heavy (non-hydrogen) atoms. The lowest BCUT2D eigenvalue weighted by Crippen LogP contribution is -2.44. The fourth-order valence-corrected chi connectivity index (χ4v) is 5.46. The van der Waals surface area contributed by atoms with E-state index >= 15 is 0 Å². The van der Waals surface area contributed by atoms with Crippen molar-refractivity contribution in [3.05, 3.63) is 63.9 Å². The van der Waals surface area contributed by atoms with Gasteiger partial charge in [0.05, 0.1) is 11.0 Å². The Labute approximate surface area is 208 Å². The van der Waals surface area contributed by atoms with Crippen molar-refractivity contribution in [3.63, 3.8) is 0 Å². The van der Waals surface area contributed by atoms with Crippen molar-refractivity contribution in [1.82, 2.24) is 14.5 Å². The van der Waals surface area contributed by atoms with E-state index in [1.54, 1.807) is 7.05 Å². The number of hydrogen-bond acceptors (Lipinski definition) is 4. The number of nitrogens with two attached hydrogens (primary N) is 1. The van der Waals surface area contributed by atoms with E-state index in [0.717, 1.165) is 53.5 Å². The van der Waals surface area contributed by atoms with Crippen LogP contribution in [0.3, 0.4) is 0 Å². The van der Waals surface area contributed by atoms with E-state index in [9.17, 15) is 4.79 Å². The number of amidine groups is 1. The zero-order chi connectivity index (χ0) is 24.9. The monoisotopic (exact) mass is 473 g/mol. The maximum Gasteiger partial charge on any atom is 0.277 e. The summed E-state index contributed by atoms with van der Waals surface area (Å²) < 4.78 is 1.91. The van der Waals surface area contributed by atoms with Crippen LogP contribution in [0.25, 0.3) is 22.3 Å². The number of aliphatic imine (C=N–C) groups is 1. The molecule has 2 heterocycles. The summed E-state index contributed by atoms with van der Waals surface area (Å²) in [7, 11) is 1.67. The molecule has 4 rings (SSSR count). The normalized spacial score (nSPS) is 19.4. The molecule has 0 amide bonds. The van der Waals surface area contributed by atoms with Crippen molar-refractivity contribution < 1.29 is 0 Å². The second-order valence-corrected chi connectivity index (χ2v) is 10.0. The molecular weight excluding hydrogens is 434 g/mol. The average molecular weight is 474 g/mol. The van der Waals surface area contributed by atoms with Crippen molar-refractivity contribution in [3.8, 4) is 11.3 Å². The molecule has 0 spiro atoms. The van der Waals surface area contributed by atoms with Crippen LogP contribution in [0, 0.1) is 6.92 Å². The van der Waals surface area contributed by atoms with Gasteiger partial charge in [-0.25, -0.2) is 4.98 Å². The number of aryl methyl sites for hydroxylation is 2. The lowest BCUT2D eigenvalue weighted by Gasteiger charge is -2.39. The number of piperidine rings is 1. The maximum atomic E-state index is 13.7. The summed E-state index contributed by atoms with van der Waals surface area (Å²) >= 11 is 0. The van der Waals surface area contributed by atoms with E-state index in [1.807, 2.05) is 54.0 Å². The predicted molar refractivity (Wildman–Crippen MR) is 146 cm³/mol. The van der Waals surface area contributed by atoms with E-state index in [4.69, 9.17) is 10.7 Å². The Balaban J connectivity index is 1.56. The highest BCUT2D eigenvalue weighted by Gasteiger charge is 2.23. The van der Waals surface area contributed by atoms with E-state index in [1.165, 1.54) is 19.3 Å². The van der Waals surface area contributed by atoms with Gasteiger partial charge in [-0.05, 0) is 88.9 Å². The molecule has 2 aromatic carbocycles. The lowest BCUT2D eigenvalue weighted by molar-refractivity contribution is 0.101. The first-order valence-electron chi connectivity index (χ1n) is 13.0. The molecule has 1 aromatic heterocycles. The molecule has 1 aliphatic rings. The first-order valence-corrected chi connectivity index (χ1v) is 13.0. The smallest absolute Gasteiger partial charge is 0.277 e. The second-order valence-electron chi connectivity index (χ2n) is 10.0. The lowest BCUT2D eigenvalue weighted by atomic mass is 9.97. The molecule has 1 fully saturated rings. The molecule has 186 valence electrons. The Morgan fingerprint density at radius 2 is 1.77 bits per heavy atom.